The Morgan fingerprint density at radius 3 is 2.63 bits per heavy atom. The average molecular weight is 283 g/mol. The molecule has 0 radical (unpaired) electrons. The summed E-state index contributed by atoms with van der Waals surface area (Å²) in [7, 11) is 2.17. The quantitative estimate of drug-likeness (QED) is 0.726. The van der Waals surface area contributed by atoms with Gasteiger partial charge in [0.1, 0.15) is 0 Å². The molecule has 0 saturated carbocycles. The van der Waals surface area contributed by atoms with Crippen molar-refractivity contribution in [1.82, 2.24) is 10.2 Å². The van der Waals surface area contributed by atoms with Crippen LogP contribution >= 0.6 is 11.6 Å². The van der Waals surface area contributed by atoms with E-state index in [2.05, 4.69) is 50.2 Å². The van der Waals surface area contributed by atoms with Gasteiger partial charge in [0.25, 0.3) is 0 Å². The average Bonchev–Trinajstić information content (AvgIpc) is 2.36. The molecule has 0 fully saturated rings. The van der Waals surface area contributed by atoms with Crippen LogP contribution in [0.1, 0.15) is 38.8 Å². The van der Waals surface area contributed by atoms with Gasteiger partial charge in [-0.25, -0.2) is 0 Å². The summed E-state index contributed by atoms with van der Waals surface area (Å²) < 4.78 is 0. The number of nitrogens with one attached hydrogen (secondary N) is 1. The minimum atomic E-state index is 0.406. The Kier molecular flexibility index (Phi) is 7.44. The molecular formula is C16H27ClN2. The molecule has 0 saturated heterocycles. The molecular weight excluding hydrogens is 256 g/mol. The lowest BCUT2D eigenvalue weighted by Gasteiger charge is -2.25. The lowest BCUT2D eigenvalue weighted by atomic mass is 10.1. The Morgan fingerprint density at radius 2 is 2.00 bits per heavy atom. The molecule has 0 bridgehead atoms. The number of benzene rings is 1. The summed E-state index contributed by atoms with van der Waals surface area (Å²) in [4.78, 5) is 2.38. The molecule has 19 heavy (non-hydrogen) atoms. The zero-order chi connectivity index (χ0) is 14.3. The van der Waals surface area contributed by atoms with E-state index in [0.29, 0.717) is 6.04 Å². The van der Waals surface area contributed by atoms with Crippen LogP contribution in [-0.2, 0) is 0 Å². The second-order valence-corrected chi connectivity index (χ2v) is 6.10. The van der Waals surface area contributed by atoms with Crippen LogP contribution in [0, 0.1) is 5.92 Å². The fourth-order valence-corrected chi connectivity index (χ4v) is 2.26. The van der Waals surface area contributed by atoms with Gasteiger partial charge in [-0.1, -0.05) is 37.6 Å². The molecule has 0 spiro atoms. The largest absolute Gasteiger partial charge is 0.316 e. The molecule has 0 amide bonds. The third kappa shape index (κ3) is 6.42. The van der Waals surface area contributed by atoms with Crippen LogP contribution in [0.3, 0.4) is 0 Å². The van der Waals surface area contributed by atoms with Gasteiger partial charge in [0, 0.05) is 11.1 Å². The number of rotatable bonds is 8. The normalized spacial score (nSPS) is 13.2. The Labute approximate surface area is 123 Å². The topological polar surface area (TPSA) is 15.3 Å². The van der Waals surface area contributed by atoms with E-state index in [1.807, 2.05) is 12.1 Å². The van der Waals surface area contributed by atoms with Gasteiger partial charge in [-0.3, -0.25) is 4.90 Å². The van der Waals surface area contributed by atoms with Crippen molar-refractivity contribution >= 4 is 11.6 Å². The molecule has 0 heterocycles. The van der Waals surface area contributed by atoms with Crippen molar-refractivity contribution in [3.63, 3.8) is 0 Å². The van der Waals surface area contributed by atoms with E-state index in [-0.39, 0.29) is 0 Å². The standard InChI is InChI=1S/C16H27ClN2/c1-13(2)12-18-9-6-10-19(4)14(3)15-7-5-8-16(17)11-15/h5,7-8,11,13-14,18H,6,9-10,12H2,1-4H3. The highest BCUT2D eigenvalue weighted by Gasteiger charge is 2.11. The highest BCUT2D eigenvalue weighted by Crippen LogP contribution is 2.21. The highest BCUT2D eigenvalue weighted by atomic mass is 35.5. The van der Waals surface area contributed by atoms with E-state index >= 15 is 0 Å². The number of nitrogens with zero attached hydrogens (tertiary/aromatic N) is 1. The molecule has 2 nitrogen and oxygen atoms in total. The van der Waals surface area contributed by atoms with Gasteiger partial charge in [0.15, 0.2) is 0 Å². The molecule has 1 N–H and O–H groups in total. The summed E-state index contributed by atoms with van der Waals surface area (Å²) in [5.41, 5.74) is 1.28. The monoisotopic (exact) mass is 282 g/mol. The first kappa shape index (κ1) is 16.5. The predicted molar refractivity (Wildman–Crippen MR) is 84.8 cm³/mol. The van der Waals surface area contributed by atoms with Gasteiger partial charge < -0.3 is 5.32 Å². The molecule has 0 aromatic heterocycles. The molecule has 1 aromatic carbocycles. The van der Waals surface area contributed by atoms with Crippen molar-refractivity contribution in [3.05, 3.63) is 34.9 Å². The van der Waals surface area contributed by atoms with Crippen LogP contribution in [0.15, 0.2) is 24.3 Å². The van der Waals surface area contributed by atoms with Gasteiger partial charge in [-0.05, 0) is 63.6 Å². The molecule has 0 aliphatic carbocycles. The smallest absolute Gasteiger partial charge is 0.0409 e. The minimum absolute atomic E-state index is 0.406. The van der Waals surface area contributed by atoms with Gasteiger partial charge in [-0.2, -0.15) is 0 Å². The Bertz CT molecular complexity index is 366. The third-order valence-electron chi connectivity index (χ3n) is 3.41. The van der Waals surface area contributed by atoms with E-state index < -0.39 is 0 Å². The Hall–Kier alpha value is -0.570. The van der Waals surface area contributed by atoms with Gasteiger partial charge in [0.2, 0.25) is 0 Å². The molecule has 0 aliphatic heterocycles. The summed E-state index contributed by atoms with van der Waals surface area (Å²) in [5.74, 6) is 0.725. The first-order valence-electron chi connectivity index (χ1n) is 7.17. The lowest BCUT2D eigenvalue weighted by molar-refractivity contribution is 0.257. The van der Waals surface area contributed by atoms with E-state index in [1.54, 1.807) is 0 Å². The van der Waals surface area contributed by atoms with Crippen molar-refractivity contribution in [2.75, 3.05) is 26.7 Å². The van der Waals surface area contributed by atoms with E-state index in [0.717, 1.165) is 30.6 Å². The van der Waals surface area contributed by atoms with Crippen molar-refractivity contribution < 1.29 is 0 Å². The van der Waals surface area contributed by atoms with Gasteiger partial charge >= 0.3 is 0 Å². The molecule has 108 valence electrons. The predicted octanol–water partition coefficient (Wildman–Crippen LogP) is 3.97. The number of hydrogen-bond donors (Lipinski definition) is 1. The third-order valence-corrected chi connectivity index (χ3v) is 3.64. The SMILES string of the molecule is CC(C)CNCCCN(C)C(C)c1cccc(Cl)c1. The molecule has 3 heteroatoms. The summed E-state index contributed by atoms with van der Waals surface area (Å²) in [5, 5.41) is 4.30. The molecule has 1 unspecified atom stereocenters. The maximum absolute atomic E-state index is 6.04. The summed E-state index contributed by atoms with van der Waals surface area (Å²) >= 11 is 6.04. The highest BCUT2D eigenvalue weighted by molar-refractivity contribution is 6.30. The van der Waals surface area contributed by atoms with E-state index in [9.17, 15) is 0 Å². The maximum Gasteiger partial charge on any atom is 0.0409 e. The Morgan fingerprint density at radius 1 is 1.26 bits per heavy atom. The molecule has 1 atom stereocenters. The minimum Gasteiger partial charge on any atom is -0.316 e. The maximum atomic E-state index is 6.04. The summed E-state index contributed by atoms with van der Waals surface area (Å²) in [6.07, 6.45) is 1.17. The molecule has 0 aliphatic rings. The van der Waals surface area contributed by atoms with Crippen LogP contribution in [0.4, 0.5) is 0 Å². The van der Waals surface area contributed by atoms with Crippen LogP contribution < -0.4 is 5.32 Å². The second-order valence-electron chi connectivity index (χ2n) is 5.66. The van der Waals surface area contributed by atoms with Gasteiger partial charge in [-0.15, -0.1) is 0 Å². The molecule has 1 rings (SSSR count). The summed E-state index contributed by atoms with van der Waals surface area (Å²) in [6.45, 7) is 9.99. The zero-order valence-corrected chi connectivity index (χ0v) is 13.4. The fourth-order valence-electron chi connectivity index (χ4n) is 2.06. The van der Waals surface area contributed by atoms with E-state index in [1.165, 1.54) is 12.0 Å². The zero-order valence-electron chi connectivity index (χ0n) is 12.6. The van der Waals surface area contributed by atoms with Crippen molar-refractivity contribution in [2.45, 2.75) is 33.2 Å². The van der Waals surface area contributed by atoms with Crippen molar-refractivity contribution in [2.24, 2.45) is 5.92 Å². The fraction of sp³-hybridized carbons (Fsp3) is 0.625. The second kappa shape index (κ2) is 8.57. The summed E-state index contributed by atoms with van der Waals surface area (Å²) in [6, 6.07) is 8.55. The van der Waals surface area contributed by atoms with Crippen LogP contribution in [0.2, 0.25) is 5.02 Å². The number of halogens is 1. The van der Waals surface area contributed by atoms with E-state index in [4.69, 9.17) is 11.6 Å². The first-order chi connectivity index (χ1) is 9.00. The molecule has 1 aromatic rings. The lowest BCUT2D eigenvalue weighted by Crippen LogP contribution is -2.28. The van der Waals surface area contributed by atoms with Crippen molar-refractivity contribution in [3.8, 4) is 0 Å². The van der Waals surface area contributed by atoms with Crippen molar-refractivity contribution in [1.29, 1.82) is 0 Å². The van der Waals surface area contributed by atoms with Crippen LogP contribution in [-0.4, -0.2) is 31.6 Å². The van der Waals surface area contributed by atoms with Crippen LogP contribution in [0.5, 0.6) is 0 Å². The number of hydrogen-bond acceptors (Lipinski definition) is 2. The van der Waals surface area contributed by atoms with Crippen LogP contribution in [0.25, 0.3) is 0 Å². The Balaban J connectivity index is 2.31. The first-order valence-corrected chi connectivity index (χ1v) is 7.55. The van der Waals surface area contributed by atoms with Gasteiger partial charge in [0.05, 0.1) is 0 Å².